The van der Waals surface area contributed by atoms with Crippen molar-refractivity contribution in [3.05, 3.63) is 0 Å². The summed E-state index contributed by atoms with van der Waals surface area (Å²) in [6.07, 6.45) is 4.01. The lowest BCUT2D eigenvalue weighted by Gasteiger charge is -2.27. The third-order valence-corrected chi connectivity index (χ3v) is 3.28. The van der Waals surface area contributed by atoms with Crippen LogP contribution in [0.1, 0.15) is 39.5 Å². The van der Waals surface area contributed by atoms with Crippen molar-refractivity contribution in [2.45, 2.75) is 45.1 Å². The maximum absolute atomic E-state index is 11.5. The van der Waals surface area contributed by atoms with E-state index in [0.717, 1.165) is 6.42 Å². The molecule has 0 radical (unpaired) electrons. The van der Waals surface area contributed by atoms with Crippen LogP contribution in [0.25, 0.3) is 0 Å². The molecule has 0 bridgehead atoms. The normalized spacial score (nSPS) is 20.8. The molecule has 0 saturated heterocycles. The molecule has 1 aliphatic rings. The number of carbonyl (C=O) groups is 1. The minimum atomic E-state index is -0.215. The van der Waals surface area contributed by atoms with Gasteiger partial charge in [0.15, 0.2) is 0 Å². The Morgan fingerprint density at radius 1 is 1.62 bits per heavy atom. The summed E-state index contributed by atoms with van der Waals surface area (Å²) >= 11 is 5.79. The molecule has 3 heteroatoms. The summed E-state index contributed by atoms with van der Waals surface area (Å²) in [7, 11) is 0. The smallest absolute Gasteiger partial charge is 0.220 e. The summed E-state index contributed by atoms with van der Waals surface area (Å²) in [6.45, 7) is 4.03. The fraction of sp³-hybridized carbons (Fsp3) is 0.900. The lowest BCUT2D eigenvalue weighted by atomic mass is 10.0. The Kier molecular flexibility index (Phi) is 3.60. The van der Waals surface area contributed by atoms with E-state index in [-0.39, 0.29) is 11.4 Å². The molecule has 0 aromatic carbocycles. The molecule has 0 aromatic heterocycles. The van der Waals surface area contributed by atoms with Gasteiger partial charge in [-0.2, -0.15) is 0 Å². The molecule has 1 fully saturated rings. The molecular formula is C10H18ClNO. The molecule has 0 aliphatic heterocycles. The van der Waals surface area contributed by atoms with Crippen molar-refractivity contribution in [1.29, 1.82) is 0 Å². The summed E-state index contributed by atoms with van der Waals surface area (Å²) in [6, 6.07) is 0. The van der Waals surface area contributed by atoms with Gasteiger partial charge in [0.05, 0.1) is 5.54 Å². The van der Waals surface area contributed by atoms with E-state index in [0.29, 0.717) is 18.2 Å². The van der Waals surface area contributed by atoms with Gasteiger partial charge in [0, 0.05) is 12.3 Å². The van der Waals surface area contributed by atoms with Crippen molar-refractivity contribution < 1.29 is 4.79 Å². The van der Waals surface area contributed by atoms with E-state index >= 15 is 0 Å². The van der Waals surface area contributed by atoms with Crippen LogP contribution in [0.15, 0.2) is 0 Å². The van der Waals surface area contributed by atoms with E-state index in [1.165, 1.54) is 12.8 Å². The zero-order chi connectivity index (χ0) is 9.90. The first-order valence-electron chi connectivity index (χ1n) is 4.96. The fourth-order valence-electron chi connectivity index (χ4n) is 1.19. The van der Waals surface area contributed by atoms with Crippen molar-refractivity contribution in [2.24, 2.45) is 5.92 Å². The second-order valence-electron chi connectivity index (χ2n) is 4.24. The highest BCUT2D eigenvalue weighted by atomic mass is 35.5. The average Bonchev–Trinajstić information content (AvgIpc) is 2.88. The van der Waals surface area contributed by atoms with Gasteiger partial charge < -0.3 is 5.32 Å². The average molecular weight is 204 g/mol. The predicted octanol–water partition coefficient (Wildman–Crippen LogP) is 2.31. The van der Waals surface area contributed by atoms with Gasteiger partial charge >= 0.3 is 0 Å². The largest absolute Gasteiger partial charge is 0.350 e. The van der Waals surface area contributed by atoms with E-state index in [1.54, 1.807) is 0 Å². The molecular weight excluding hydrogens is 186 g/mol. The van der Waals surface area contributed by atoms with E-state index in [4.69, 9.17) is 11.6 Å². The lowest BCUT2D eigenvalue weighted by Crippen LogP contribution is -2.47. The van der Waals surface area contributed by atoms with Gasteiger partial charge in [-0.1, -0.05) is 6.92 Å². The fourth-order valence-corrected chi connectivity index (χ4v) is 1.44. The standard InChI is InChI=1S/C10H18ClNO/c1-3-10(2,7-11)12-9(13)6-8-4-5-8/h8H,3-7H2,1-2H3,(H,12,13). The number of hydrogen-bond acceptors (Lipinski definition) is 1. The zero-order valence-corrected chi connectivity index (χ0v) is 9.16. The highest BCUT2D eigenvalue weighted by Gasteiger charge is 2.28. The van der Waals surface area contributed by atoms with Crippen LogP contribution < -0.4 is 5.32 Å². The van der Waals surface area contributed by atoms with E-state index < -0.39 is 0 Å². The minimum absolute atomic E-state index is 0.160. The van der Waals surface area contributed by atoms with Crippen molar-refractivity contribution in [1.82, 2.24) is 5.32 Å². The molecule has 76 valence electrons. The Hall–Kier alpha value is -0.240. The molecule has 13 heavy (non-hydrogen) atoms. The van der Waals surface area contributed by atoms with Crippen LogP contribution in [0, 0.1) is 5.92 Å². The van der Waals surface area contributed by atoms with Crippen LogP contribution >= 0.6 is 11.6 Å². The molecule has 1 N–H and O–H groups in total. The first-order valence-corrected chi connectivity index (χ1v) is 5.50. The van der Waals surface area contributed by atoms with Crippen LogP contribution in [0.3, 0.4) is 0 Å². The van der Waals surface area contributed by atoms with Crippen LogP contribution in [0.4, 0.5) is 0 Å². The number of hydrogen-bond donors (Lipinski definition) is 1. The van der Waals surface area contributed by atoms with Gasteiger partial charge in [-0.3, -0.25) is 4.79 Å². The summed E-state index contributed by atoms with van der Waals surface area (Å²) in [5.74, 6) is 1.30. The van der Waals surface area contributed by atoms with Crippen LogP contribution in [-0.2, 0) is 4.79 Å². The first kappa shape index (κ1) is 10.8. The Bertz CT molecular complexity index is 185. The monoisotopic (exact) mass is 203 g/mol. The third-order valence-electron chi connectivity index (χ3n) is 2.69. The van der Waals surface area contributed by atoms with Gasteiger partial charge in [-0.25, -0.2) is 0 Å². The quantitative estimate of drug-likeness (QED) is 0.683. The number of nitrogens with one attached hydrogen (secondary N) is 1. The van der Waals surface area contributed by atoms with Crippen molar-refractivity contribution in [3.63, 3.8) is 0 Å². The predicted molar refractivity (Wildman–Crippen MR) is 54.9 cm³/mol. The molecule has 0 aromatic rings. The maximum Gasteiger partial charge on any atom is 0.220 e. The third kappa shape index (κ3) is 3.55. The highest BCUT2D eigenvalue weighted by molar-refractivity contribution is 6.18. The molecule has 1 rings (SSSR count). The molecule has 1 atom stereocenters. The Morgan fingerprint density at radius 3 is 2.62 bits per heavy atom. The first-order chi connectivity index (χ1) is 6.09. The van der Waals surface area contributed by atoms with Gasteiger partial charge in [-0.05, 0) is 32.1 Å². The molecule has 1 saturated carbocycles. The molecule has 0 spiro atoms. The number of halogens is 1. The van der Waals surface area contributed by atoms with Crippen molar-refractivity contribution in [2.75, 3.05) is 5.88 Å². The van der Waals surface area contributed by atoms with Gasteiger partial charge in [-0.15, -0.1) is 11.6 Å². The molecule has 1 amide bonds. The Balaban J connectivity index is 2.31. The number of carbonyl (C=O) groups excluding carboxylic acids is 1. The van der Waals surface area contributed by atoms with Gasteiger partial charge in [0.2, 0.25) is 5.91 Å². The molecule has 2 nitrogen and oxygen atoms in total. The van der Waals surface area contributed by atoms with Crippen molar-refractivity contribution in [3.8, 4) is 0 Å². The Labute approximate surface area is 85.0 Å². The maximum atomic E-state index is 11.5. The number of alkyl halides is 1. The highest BCUT2D eigenvalue weighted by Crippen LogP contribution is 2.32. The van der Waals surface area contributed by atoms with E-state index in [1.807, 2.05) is 13.8 Å². The van der Waals surface area contributed by atoms with Crippen LogP contribution in [-0.4, -0.2) is 17.3 Å². The van der Waals surface area contributed by atoms with Crippen molar-refractivity contribution >= 4 is 17.5 Å². The van der Waals surface area contributed by atoms with Gasteiger partial charge in [0.25, 0.3) is 0 Å². The summed E-state index contributed by atoms with van der Waals surface area (Å²) < 4.78 is 0. The molecule has 0 heterocycles. The second-order valence-corrected chi connectivity index (χ2v) is 4.51. The van der Waals surface area contributed by atoms with E-state index in [9.17, 15) is 4.79 Å². The topological polar surface area (TPSA) is 29.1 Å². The molecule has 1 unspecified atom stereocenters. The zero-order valence-electron chi connectivity index (χ0n) is 8.40. The summed E-state index contributed by atoms with van der Waals surface area (Å²) in [5.41, 5.74) is -0.215. The summed E-state index contributed by atoms with van der Waals surface area (Å²) in [4.78, 5) is 11.5. The molecule has 1 aliphatic carbocycles. The van der Waals surface area contributed by atoms with E-state index in [2.05, 4.69) is 5.32 Å². The van der Waals surface area contributed by atoms with Gasteiger partial charge in [0.1, 0.15) is 0 Å². The summed E-state index contributed by atoms with van der Waals surface area (Å²) in [5, 5.41) is 2.99. The SMILES string of the molecule is CCC(C)(CCl)NC(=O)CC1CC1. The van der Waals surface area contributed by atoms with Crippen LogP contribution in [0.5, 0.6) is 0 Å². The Morgan fingerprint density at radius 2 is 2.23 bits per heavy atom. The van der Waals surface area contributed by atoms with Crippen LogP contribution in [0.2, 0.25) is 0 Å². The second kappa shape index (κ2) is 4.32. The minimum Gasteiger partial charge on any atom is -0.350 e. The number of rotatable bonds is 5. The number of amides is 1. The lowest BCUT2D eigenvalue weighted by molar-refractivity contribution is -0.123.